The molecule has 1 aromatic rings. The van der Waals surface area contributed by atoms with Gasteiger partial charge in [0.15, 0.2) is 0 Å². The molecule has 68 valence electrons. The lowest BCUT2D eigenvalue weighted by Crippen LogP contribution is -2.37. The Morgan fingerprint density at radius 2 is 2.08 bits per heavy atom. The number of benzene rings is 1. The fourth-order valence-corrected chi connectivity index (χ4v) is 2.31. The fraction of sp³-hybridized carbons (Fsp3) is 0.500. The largest absolute Gasteiger partial charge is 0.307 e. The minimum atomic E-state index is 0.515. The van der Waals surface area contributed by atoms with Crippen molar-refractivity contribution in [1.82, 2.24) is 5.32 Å². The van der Waals surface area contributed by atoms with Crippen molar-refractivity contribution in [3.05, 3.63) is 34.9 Å². The second kappa shape index (κ2) is 2.36. The second-order valence-corrected chi connectivity index (χ2v) is 4.58. The lowest BCUT2D eigenvalue weighted by atomic mass is 9.93. The quantitative estimate of drug-likeness (QED) is 0.634. The zero-order valence-corrected chi connectivity index (χ0v) is 8.06. The van der Waals surface area contributed by atoms with Crippen molar-refractivity contribution < 1.29 is 0 Å². The zero-order chi connectivity index (χ0) is 8.89. The molecule has 0 aromatic heterocycles. The average molecular weight is 173 g/mol. The SMILES string of the molecule is Cc1ccc2c(c1)CC1(CC1)NC2. The van der Waals surface area contributed by atoms with Gasteiger partial charge in [-0.25, -0.2) is 0 Å². The third kappa shape index (κ3) is 1.19. The van der Waals surface area contributed by atoms with E-state index in [-0.39, 0.29) is 0 Å². The minimum absolute atomic E-state index is 0.515. The third-order valence-corrected chi connectivity index (χ3v) is 3.40. The van der Waals surface area contributed by atoms with Gasteiger partial charge < -0.3 is 5.32 Å². The topological polar surface area (TPSA) is 12.0 Å². The van der Waals surface area contributed by atoms with Crippen LogP contribution in [0.15, 0.2) is 18.2 Å². The highest BCUT2D eigenvalue weighted by Crippen LogP contribution is 2.41. The van der Waals surface area contributed by atoms with Crippen LogP contribution >= 0.6 is 0 Å². The van der Waals surface area contributed by atoms with Crippen LogP contribution < -0.4 is 5.32 Å². The van der Waals surface area contributed by atoms with Crippen molar-refractivity contribution in [3.63, 3.8) is 0 Å². The first-order valence-electron chi connectivity index (χ1n) is 5.11. The van der Waals surface area contributed by atoms with Crippen molar-refractivity contribution in [2.45, 2.75) is 38.3 Å². The number of aryl methyl sites for hydroxylation is 1. The molecular weight excluding hydrogens is 158 g/mol. The monoisotopic (exact) mass is 173 g/mol. The molecule has 3 rings (SSSR count). The van der Waals surface area contributed by atoms with Crippen molar-refractivity contribution in [3.8, 4) is 0 Å². The van der Waals surface area contributed by atoms with Crippen molar-refractivity contribution in [2.75, 3.05) is 0 Å². The first kappa shape index (κ1) is 7.57. The van der Waals surface area contributed by atoms with Gasteiger partial charge in [-0.3, -0.25) is 0 Å². The molecule has 0 amide bonds. The maximum atomic E-state index is 3.65. The van der Waals surface area contributed by atoms with E-state index < -0.39 is 0 Å². The molecule has 2 aliphatic rings. The zero-order valence-electron chi connectivity index (χ0n) is 8.06. The van der Waals surface area contributed by atoms with Gasteiger partial charge in [-0.15, -0.1) is 0 Å². The highest BCUT2D eigenvalue weighted by Gasteiger charge is 2.44. The Morgan fingerprint density at radius 1 is 1.23 bits per heavy atom. The second-order valence-electron chi connectivity index (χ2n) is 4.58. The summed E-state index contributed by atoms with van der Waals surface area (Å²) in [5, 5.41) is 3.65. The van der Waals surface area contributed by atoms with E-state index in [4.69, 9.17) is 0 Å². The minimum Gasteiger partial charge on any atom is -0.307 e. The molecule has 0 bridgehead atoms. The van der Waals surface area contributed by atoms with Crippen LogP contribution in [0.25, 0.3) is 0 Å². The van der Waals surface area contributed by atoms with Crippen molar-refractivity contribution in [1.29, 1.82) is 0 Å². The van der Waals surface area contributed by atoms with Crippen LogP contribution in [0.1, 0.15) is 29.5 Å². The summed E-state index contributed by atoms with van der Waals surface area (Å²) in [6.45, 7) is 3.26. The predicted octanol–water partition coefficient (Wildman–Crippen LogP) is 2.17. The molecule has 1 saturated carbocycles. The van der Waals surface area contributed by atoms with Crippen LogP contribution in [0, 0.1) is 6.92 Å². The van der Waals surface area contributed by atoms with Crippen molar-refractivity contribution in [2.24, 2.45) is 0 Å². The summed E-state index contributed by atoms with van der Waals surface area (Å²) in [7, 11) is 0. The van der Waals surface area contributed by atoms with E-state index in [0.717, 1.165) is 6.54 Å². The Labute approximate surface area is 79.2 Å². The lowest BCUT2D eigenvalue weighted by molar-refractivity contribution is 0.464. The Bertz CT molecular complexity index is 350. The van der Waals surface area contributed by atoms with E-state index >= 15 is 0 Å². The Morgan fingerprint density at radius 3 is 2.85 bits per heavy atom. The van der Waals surface area contributed by atoms with E-state index in [1.54, 1.807) is 5.56 Å². The van der Waals surface area contributed by atoms with E-state index in [9.17, 15) is 0 Å². The van der Waals surface area contributed by atoms with Gasteiger partial charge in [0.25, 0.3) is 0 Å². The standard InChI is InChI=1S/C12H15N/c1-9-2-3-10-8-13-12(4-5-12)7-11(10)6-9/h2-3,6,13H,4-5,7-8H2,1H3. The molecule has 0 atom stereocenters. The molecule has 1 nitrogen and oxygen atoms in total. The third-order valence-electron chi connectivity index (χ3n) is 3.40. The van der Waals surface area contributed by atoms with Crippen LogP contribution in [0.4, 0.5) is 0 Å². The van der Waals surface area contributed by atoms with Gasteiger partial charge in [-0.05, 0) is 37.3 Å². The summed E-state index contributed by atoms with van der Waals surface area (Å²) in [6.07, 6.45) is 4.00. The smallest absolute Gasteiger partial charge is 0.0226 e. The molecule has 1 heteroatoms. The number of nitrogens with one attached hydrogen (secondary N) is 1. The summed E-state index contributed by atoms with van der Waals surface area (Å²) in [4.78, 5) is 0. The first-order chi connectivity index (χ1) is 6.27. The van der Waals surface area contributed by atoms with Gasteiger partial charge in [0.1, 0.15) is 0 Å². The molecule has 0 saturated heterocycles. The highest BCUT2D eigenvalue weighted by molar-refractivity contribution is 5.36. The molecule has 1 heterocycles. The molecule has 1 N–H and O–H groups in total. The van der Waals surface area contributed by atoms with Gasteiger partial charge in [-0.1, -0.05) is 23.8 Å². The molecule has 1 spiro atoms. The van der Waals surface area contributed by atoms with E-state index in [1.807, 2.05) is 0 Å². The van der Waals surface area contributed by atoms with Gasteiger partial charge in [0.05, 0.1) is 0 Å². The summed E-state index contributed by atoms with van der Waals surface area (Å²) in [5.74, 6) is 0. The Hall–Kier alpha value is -0.820. The van der Waals surface area contributed by atoms with Gasteiger partial charge in [0.2, 0.25) is 0 Å². The maximum absolute atomic E-state index is 3.65. The van der Waals surface area contributed by atoms with Crippen LogP contribution in [-0.2, 0) is 13.0 Å². The number of hydrogen-bond acceptors (Lipinski definition) is 1. The summed E-state index contributed by atoms with van der Waals surface area (Å²) in [6, 6.07) is 6.84. The summed E-state index contributed by atoms with van der Waals surface area (Å²) in [5.41, 5.74) is 5.00. The Kier molecular flexibility index (Phi) is 1.37. The Balaban J connectivity index is 2.02. The number of fused-ring (bicyclic) bond motifs is 1. The average Bonchev–Trinajstić information content (AvgIpc) is 2.84. The van der Waals surface area contributed by atoms with Crippen LogP contribution in [0.5, 0.6) is 0 Å². The molecular formula is C12H15N. The van der Waals surface area contributed by atoms with Crippen molar-refractivity contribution >= 4 is 0 Å². The van der Waals surface area contributed by atoms with Crippen LogP contribution in [0.2, 0.25) is 0 Å². The lowest BCUT2D eigenvalue weighted by Gasteiger charge is -2.26. The molecule has 1 fully saturated rings. The molecule has 13 heavy (non-hydrogen) atoms. The van der Waals surface area contributed by atoms with Gasteiger partial charge in [0, 0.05) is 12.1 Å². The highest BCUT2D eigenvalue weighted by atomic mass is 15.0. The number of hydrogen-bond donors (Lipinski definition) is 1. The summed E-state index contributed by atoms with van der Waals surface area (Å²) >= 11 is 0. The van der Waals surface area contributed by atoms with Crippen LogP contribution in [-0.4, -0.2) is 5.54 Å². The molecule has 0 radical (unpaired) electrons. The van der Waals surface area contributed by atoms with E-state index in [0.29, 0.717) is 5.54 Å². The number of rotatable bonds is 0. The predicted molar refractivity (Wildman–Crippen MR) is 53.7 cm³/mol. The first-order valence-corrected chi connectivity index (χ1v) is 5.11. The molecule has 1 aliphatic heterocycles. The molecule has 0 unspecified atom stereocenters. The molecule has 1 aliphatic carbocycles. The normalized spacial score (nSPS) is 22.8. The van der Waals surface area contributed by atoms with E-state index in [2.05, 4.69) is 30.4 Å². The fourth-order valence-electron chi connectivity index (χ4n) is 2.31. The molecule has 1 aromatic carbocycles. The van der Waals surface area contributed by atoms with Gasteiger partial charge in [-0.2, -0.15) is 0 Å². The van der Waals surface area contributed by atoms with Gasteiger partial charge >= 0.3 is 0 Å². The van der Waals surface area contributed by atoms with E-state index in [1.165, 1.54) is 30.4 Å². The maximum Gasteiger partial charge on any atom is 0.0226 e. The summed E-state index contributed by atoms with van der Waals surface area (Å²) < 4.78 is 0. The van der Waals surface area contributed by atoms with Crippen LogP contribution in [0.3, 0.4) is 0 Å².